The Bertz CT molecular complexity index is 452. The van der Waals surface area contributed by atoms with Gasteiger partial charge in [-0.05, 0) is 32.6 Å². The number of rotatable bonds is 0. The van der Waals surface area contributed by atoms with Crippen molar-refractivity contribution in [3.8, 4) is 0 Å². The molecule has 0 unspecified atom stereocenters. The minimum Gasteiger partial charge on any atom is -0.373 e. The van der Waals surface area contributed by atoms with Crippen LogP contribution in [0.1, 0.15) is 39.5 Å². The van der Waals surface area contributed by atoms with Gasteiger partial charge in [0.05, 0.1) is 35.8 Å². The third-order valence-corrected chi connectivity index (χ3v) is 8.80. The highest BCUT2D eigenvalue weighted by Crippen LogP contribution is 2.74. The minimum absolute atomic E-state index is 0.0185. The van der Waals surface area contributed by atoms with Gasteiger partial charge in [0, 0.05) is 10.8 Å². The fourth-order valence-electron chi connectivity index (χ4n) is 5.73. The van der Waals surface area contributed by atoms with E-state index in [9.17, 15) is 0 Å². The highest BCUT2D eigenvalue weighted by atomic mass is 79.9. The number of hydrogen-bond donors (Lipinski definition) is 0. The lowest BCUT2D eigenvalue weighted by molar-refractivity contribution is -0.308. The Morgan fingerprint density at radius 2 is 1.84 bits per heavy atom. The number of ether oxygens (including phenoxy) is 3. The largest absolute Gasteiger partial charge is 0.373 e. The van der Waals surface area contributed by atoms with Crippen molar-refractivity contribution in [3.63, 3.8) is 0 Å². The molecule has 7 atom stereocenters. The fraction of sp³-hybridized carbons (Fsp3) is 1.00. The van der Waals surface area contributed by atoms with Crippen LogP contribution in [0, 0.1) is 10.8 Å². The van der Waals surface area contributed by atoms with Gasteiger partial charge in [-0.3, -0.25) is 0 Å². The first-order valence-corrected chi connectivity index (χ1v) is 8.47. The molecule has 6 aliphatic rings. The lowest BCUT2D eigenvalue weighted by atomic mass is 9.48. The second kappa shape index (κ2) is 3.08. The monoisotopic (exact) mass is 328 g/mol. The quantitative estimate of drug-likeness (QED) is 0.506. The van der Waals surface area contributed by atoms with Crippen molar-refractivity contribution < 1.29 is 14.2 Å². The standard InChI is InChI=1S/C15H21BrO3/c1-12-5-6-14(7-17-12)11(10(12)16)19-9-3-4-13(14,2)15(9)8-18-15/h9-11H,3-8H2,1-2H3/t9-,10+,11-,12+,13-,14-,15+/m1/s1. The zero-order chi connectivity index (χ0) is 13.1. The smallest absolute Gasteiger partial charge is 0.124 e. The van der Waals surface area contributed by atoms with Gasteiger partial charge < -0.3 is 14.2 Å². The van der Waals surface area contributed by atoms with Gasteiger partial charge in [0.25, 0.3) is 0 Å². The summed E-state index contributed by atoms with van der Waals surface area (Å²) < 4.78 is 18.9. The third-order valence-electron chi connectivity index (χ3n) is 7.35. The van der Waals surface area contributed by atoms with Gasteiger partial charge in [-0.15, -0.1) is 0 Å². The van der Waals surface area contributed by atoms with Crippen molar-refractivity contribution in [1.82, 2.24) is 0 Å². The van der Waals surface area contributed by atoms with Gasteiger partial charge in [0.2, 0.25) is 0 Å². The summed E-state index contributed by atoms with van der Waals surface area (Å²) in [5.74, 6) is 0. The Hall–Kier alpha value is 0.360. The van der Waals surface area contributed by atoms with E-state index in [-0.39, 0.29) is 22.0 Å². The van der Waals surface area contributed by atoms with E-state index in [1.54, 1.807) is 0 Å². The molecule has 0 radical (unpaired) electrons. The molecule has 2 aliphatic carbocycles. The van der Waals surface area contributed by atoms with Crippen LogP contribution in [-0.2, 0) is 14.2 Å². The maximum absolute atomic E-state index is 6.57. The first-order chi connectivity index (χ1) is 8.98. The third kappa shape index (κ3) is 1.02. The Morgan fingerprint density at radius 3 is 2.47 bits per heavy atom. The Balaban J connectivity index is 1.69. The van der Waals surface area contributed by atoms with E-state index < -0.39 is 0 Å². The molecule has 19 heavy (non-hydrogen) atoms. The molecule has 4 aliphatic heterocycles. The molecule has 4 heterocycles. The Labute approximate surface area is 122 Å². The van der Waals surface area contributed by atoms with E-state index in [0.29, 0.717) is 17.0 Å². The molecule has 2 spiro atoms. The molecule has 0 aromatic rings. The molecule has 3 nitrogen and oxygen atoms in total. The second-order valence-corrected chi connectivity index (χ2v) is 8.74. The molecule has 0 aromatic carbocycles. The number of fused-ring (bicyclic) bond motifs is 2. The van der Waals surface area contributed by atoms with Crippen LogP contribution in [0.3, 0.4) is 0 Å². The fourth-order valence-corrected chi connectivity index (χ4v) is 6.72. The van der Waals surface area contributed by atoms with Crippen LogP contribution in [0.4, 0.5) is 0 Å². The number of hydrogen-bond acceptors (Lipinski definition) is 3. The lowest BCUT2D eigenvalue weighted by Gasteiger charge is -2.67. The van der Waals surface area contributed by atoms with Crippen molar-refractivity contribution in [3.05, 3.63) is 0 Å². The van der Waals surface area contributed by atoms with E-state index >= 15 is 0 Å². The van der Waals surface area contributed by atoms with Crippen LogP contribution in [0.5, 0.6) is 0 Å². The molecule has 4 saturated heterocycles. The molecule has 6 rings (SSSR count). The summed E-state index contributed by atoms with van der Waals surface area (Å²) in [4.78, 5) is 0.318. The van der Waals surface area contributed by atoms with E-state index in [1.165, 1.54) is 12.8 Å². The van der Waals surface area contributed by atoms with Gasteiger partial charge in [-0.1, -0.05) is 22.9 Å². The molecule has 4 bridgehead atoms. The zero-order valence-electron chi connectivity index (χ0n) is 11.6. The summed E-state index contributed by atoms with van der Waals surface area (Å²) in [5, 5.41) is 0. The van der Waals surface area contributed by atoms with Crippen LogP contribution in [0.2, 0.25) is 0 Å². The Kier molecular flexibility index (Phi) is 1.94. The summed E-state index contributed by atoms with van der Waals surface area (Å²) in [6, 6.07) is 0. The van der Waals surface area contributed by atoms with Gasteiger partial charge in [-0.25, -0.2) is 0 Å². The summed E-state index contributed by atoms with van der Waals surface area (Å²) in [7, 11) is 0. The molecular formula is C15H21BrO3. The van der Waals surface area contributed by atoms with Gasteiger partial charge in [0.15, 0.2) is 0 Å². The molecule has 4 heteroatoms. The van der Waals surface area contributed by atoms with Crippen molar-refractivity contribution in [2.45, 2.75) is 67.8 Å². The number of alkyl halides is 1. The number of halogens is 1. The molecule has 0 amide bonds. The van der Waals surface area contributed by atoms with Crippen molar-refractivity contribution in [2.24, 2.45) is 10.8 Å². The van der Waals surface area contributed by atoms with Crippen LogP contribution >= 0.6 is 15.9 Å². The highest BCUT2D eigenvalue weighted by molar-refractivity contribution is 9.09. The topological polar surface area (TPSA) is 31.0 Å². The molecular weight excluding hydrogens is 308 g/mol. The van der Waals surface area contributed by atoms with Gasteiger partial charge >= 0.3 is 0 Å². The molecule has 0 aromatic heterocycles. The summed E-state index contributed by atoms with van der Waals surface area (Å²) in [6.45, 7) is 6.44. The predicted octanol–water partition coefficient (Wildman–Crippen LogP) is 2.66. The van der Waals surface area contributed by atoms with Crippen molar-refractivity contribution in [2.75, 3.05) is 13.2 Å². The maximum atomic E-state index is 6.57. The van der Waals surface area contributed by atoms with Crippen LogP contribution in [0.25, 0.3) is 0 Å². The van der Waals surface area contributed by atoms with Gasteiger partial charge in [-0.2, -0.15) is 0 Å². The Morgan fingerprint density at radius 1 is 1.05 bits per heavy atom. The lowest BCUT2D eigenvalue weighted by Crippen LogP contribution is -2.74. The average molecular weight is 329 g/mol. The van der Waals surface area contributed by atoms with E-state index in [1.807, 2.05) is 0 Å². The molecule has 106 valence electrons. The summed E-state index contributed by atoms with van der Waals surface area (Å²) >= 11 is 3.91. The average Bonchev–Trinajstić information content (AvgIpc) is 3.14. The molecule has 2 saturated carbocycles. The molecule has 6 fully saturated rings. The minimum atomic E-state index is -0.0445. The van der Waals surface area contributed by atoms with Crippen molar-refractivity contribution >= 4 is 15.9 Å². The first kappa shape index (κ1) is 12.0. The van der Waals surface area contributed by atoms with E-state index in [4.69, 9.17) is 14.2 Å². The van der Waals surface area contributed by atoms with Crippen molar-refractivity contribution in [1.29, 1.82) is 0 Å². The predicted molar refractivity (Wildman–Crippen MR) is 73.4 cm³/mol. The number of epoxide rings is 1. The van der Waals surface area contributed by atoms with Gasteiger partial charge in [0.1, 0.15) is 5.60 Å². The summed E-state index contributed by atoms with van der Waals surface area (Å²) in [6.07, 6.45) is 5.37. The zero-order valence-corrected chi connectivity index (χ0v) is 13.2. The van der Waals surface area contributed by atoms with E-state index in [0.717, 1.165) is 26.1 Å². The van der Waals surface area contributed by atoms with Crippen LogP contribution in [0.15, 0.2) is 0 Å². The van der Waals surface area contributed by atoms with Crippen LogP contribution < -0.4 is 0 Å². The van der Waals surface area contributed by atoms with Crippen LogP contribution in [-0.4, -0.2) is 41.5 Å². The molecule has 0 N–H and O–H groups in total. The highest BCUT2D eigenvalue weighted by Gasteiger charge is 2.81. The maximum Gasteiger partial charge on any atom is 0.124 e. The second-order valence-electron chi connectivity index (χ2n) is 7.75. The summed E-state index contributed by atoms with van der Waals surface area (Å²) in [5.41, 5.74) is 0.367. The normalized spacial score (nSPS) is 69.3. The SMILES string of the molecule is C[C@@]12CC[C@@H](O[C@@H]3[C@H](Br)[C@]4(C)CC[C@@]31CO4)[C@@]21CO1. The van der Waals surface area contributed by atoms with E-state index in [2.05, 4.69) is 29.8 Å². The first-order valence-electron chi connectivity index (χ1n) is 7.55.